The number of carbonyl (C=O) groups excluding carboxylic acids is 2. The van der Waals surface area contributed by atoms with Crippen molar-refractivity contribution in [3.63, 3.8) is 0 Å². The number of nitrogens with one attached hydrogen (secondary N) is 2. The second kappa shape index (κ2) is 18.8. The van der Waals surface area contributed by atoms with E-state index in [0.29, 0.717) is 25.6 Å². The maximum atomic E-state index is 12.4. The summed E-state index contributed by atoms with van der Waals surface area (Å²) >= 11 is 0. The van der Waals surface area contributed by atoms with Gasteiger partial charge in [0.05, 0.1) is 18.8 Å². The second-order valence-electron chi connectivity index (χ2n) is 13.4. The molecule has 1 saturated heterocycles. The molecule has 1 aliphatic heterocycles. The van der Waals surface area contributed by atoms with Gasteiger partial charge in [-0.25, -0.2) is 0 Å². The highest BCUT2D eigenvalue weighted by Gasteiger charge is 2.34. The molecule has 3 aromatic rings. The molecule has 49 heavy (non-hydrogen) atoms. The predicted molar refractivity (Wildman–Crippen MR) is 193 cm³/mol. The van der Waals surface area contributed by atoms with Crippen LogP contribution in [-0.4, -0.2) is 53.6 Å². The van der Waals surface area contributed by atoms with Gasteiger partial charge in [0, 0.05) is 57.5 Å². The van der Waals surface area contributed by atoms with Crippen LogP contribution in [0.5, 0.6) is 0 Å². The Bertz CT molecular complexity index is 1490. The molecule has 2 aliphatic rings. The number of benzene rings is 3. The highest BCUT2D eigenvalue weighted by Crippen LogP contribution is 2.39. The molecule has 0 unspecified atom stereocenters. The third-order valence-electron chi connectivity index (χ3n) is 9.65. The van der Waals surface area contributed by atoms with Crippen LogP contribution >= 0.6 is 0 Å². The van der Waals surface area contributed by atoms with E-state index in [4.69, 9.17) is 9.47 Å². The van der Waals surface area contributed by atoms with Gasteiger partial charge in [-0.1, -0.05) is 92.1 Å². The van der Waals surface area contributed by atoms with Crippen molar-refractivity contribution in [3.05, 3.63) is 108 Å². The lowest BCUT2D eigenvalue weighted by atomic mass is 9.98. The number of hydrogen-bond acceptors (Lipinski definition) is 6. The maximum absolute atomic E-state index is 12.4. The molecule has 3 atom stereocenters. The first-order valence-corrected chi connectivity index (χ1v) is 18.0. The van der Waals surface area contributed by atoms with Crippen LogP contribution in [0, 0.1) is 0 Å². The first kappa shape index (κ1) is 36.5. The van der Waals surface area contributed by atoms with Crippen molar-refractivity contribution < 1.29 is 24.2 Å². The van der Waals surface area contributed by atoms with Crippen molar-refractivity contribution >= 4 is 11.8 Å². The van der Waals surface area contributed by atoms with Crippen LogP contribution < -0.4 is 10.6 Å². The number of hydrogen-bond donors (Lipinski definition) is 3. The van der Waals surface area contributed by atoms with Gasteiger partial charge in [-0.2, -0.15) is 0 Å². The summed E-state index contributed by atoms with van der Waals surface area (Å²) in [6.45, 7) is 8.38. The Morgan fingerprint density at radius 3 is 2.37 bits per heavy atom. The topological polar surface area (TPSA) is 100 Å². The van der Waals surface area contributed by atoms with Crippen molar-refractivity contribution in [1.82, 2.24) is 15.5 Å². The SMILES string of the molecule is C=CCN(C[C@@H]1C[C@H](c2ccc(CO)cc2)O[C@H](c2ccc(-c3cccc(CNC(=O)CCCCCNC(C)=O)c3)cc2)O1)C1CCCC1. The Hall–Kier alpha value is -3.82. The van der Waals surface area contributed by atoms with Gasteiger partial charge >= 0.3 is 0 Å². The van der Waals surface area contributed by atoms with Gasteiger partial charge in [0.15, 0.2) is 6.29 Å². The molecule has 1 aliphatic carbocycles. The molecule has 8 heteroatoms. The number of amides is 2. The maximum Gasteiger partial charge on any atom is 0.220 e. The molecule has 5 rings (SSSR count). The van der Waals surface area contributed by atoms with Gasteiger partial charge < -0.3 is 25.2 Å². The molecule has 1 heterocycles. The van der Waals surface area contributed by atoms with Gasteiger partial charge in [0.1, 0.15) is 0 Å². The van der Waals surface area contributed by atoms with Crippen LogP contribution in [0.1, 0.15) is 99.4 Å². The normalized spacial score (nSPS) is 19.5. The van der Waals surface area contributed by atoms with Crippen LogP contribution in [0.15, 0.2) is 85.5 Å². The molecular weight excluding hydrogens is 614 g/mol. The van der Waals surface area contributed by atoms with Gasteiger partial charge in [-0.3, -0.25) is 14.5 Å². The van der Waals surface area contributed by atoms with E-state index in [-0.39, 0.29) is 30.6 Å². The molecule has 0 spiro atoms. The highest BCUT2D eigenvalue weighted by atomic mass is 16.7. The Balaban J connectivity index is 1.22. The summed E-state index contributed by atoms with van der Waals surface area (Å²) in [6, 6.07) is 25.3. The summed E-state index contributed by atoms with van der Waals surface area (Å²) in [5.41, 5.74) is 6.16. The lowest BCUT2D eigenvalue weighted by Gasteiger charge is -2.39. The van der Waals surface area contributed by atoms with Crippen LogP contribution in [0.25, 0.3) is 11.1 Å². The molecular formula is C41H53N3O5. The average Bonchev–Trinajstić information content (AvgIpc) is 3.67. The lowest BCUT2D eigenvalue weighted by Crippen LogP contribution is -2.43. The van der Waals surface area contributed by atoms with Gasteiger partial charge in [-0.15, -0.1) is 6.58 Å². The van der Waals surface area contributed by atoms with E-state index < -0.39 is 6.29 Å². The zero-order valence-electron chi connectivity index (χ0n) is 28.9. The summed E-state index contributed by atoms with van der Waals surface area (Å²) in [5, 5.41) is 15.4. The highest BCUT2D eigenvalue weighted by molar-refractivity contribution is 5.76. The van der Waals surface area contributed by atoms with Crippen molar-refractivity contribution in [2.75, 3.05) is 19.6 Å². The number of nitrogens with zero attached hydrogens (tertiary/aromatic N) is 1. The van der Waals surface area contributed by atoms with E-state index in [2.05, 4.69) is 70.6 Å². The first-order chi connectivity index (χ1) is 23.9. The Morgan fingerprint density at radius 2 is 1.65 bits per heavy atom. The summed E-state index contributed by atoms with van der Waals surface area (Å²) in [5.74, 6) is 0.0205. The lowest BCUT2D eigenvalue weighted by molar-refractivity contribution is -0.253. The van der Waals surface area contributed by atoms with Gasteiger partial charge in [0.25, 0.3) is 0 Å². The quantitative estimate of drug-likeness (QED) is 0.105. The second-order valence-corrected chi connectivity index (χ2v) is 13.4. The summed E-state index contributed by atoms with van der Waals surface area (Å²) in [4.78, 5) is 25.9. The van der Waals surface area contributed by atoms with Crippen molar-refractivity contribution in [2.24, 2.45) is 0 Å². The largest absolute Gasteiger partial charge is 0.392 e. The molecule has 3 aromatic carbocycles. The van der Waals surface area contributed by atoms with Crippen LogP contribution in [0.4, 0.5) is 0 Å². The number of ether oxygens (including phenoxy) is 2. The van der Waals surface area contributed by atoms with Gasteiger partial charge in [-0.05, 0) is 59.6 Å². The predicted octanol–water partition coefficient (Wildman–Crippen LogP) is 7.13. The molecule has 0 radical (unpaired) electrons. The minimum atomic E-state index is -0.503. The third kappa shape index (κ3) is 11.1. The van der Waals surface area contributed by atoms with Crippen molar-refractivity contribution in [2.45, 2.75) is 102 Å². The van der Waals surface area contributed by atoms with Crippen molar-refractivity contribution in [3.8, 4) is 11.1 Å². The van der Waals surface area contributed by atoms with Crippen LogP contribution in [-0.2, 0) is 32.2 Å². The van der Waals surface area contributed by atoms with E-state index in [1.54, 1.807) is 0 Å². The van der Waals surface area contributed by atoms with Crippen molar-refractivity contribution in [1.29, 1.82) is 0 Å². The van der Waals surface area contributed by atoms with E-state index in [1.807, 2.05) is 30.3 Å². The molecule has 3 N–H and O–H groups in total. The van der Waals surface area contributed by atoms with E-state index in [0.717, 1.165) is 72.2 Å². The van der Waals surface area contributed by atoms with Crippen LogP contribution in [0.3, 0.4) is 0 Å². The molecule has 262 valence electrons. The van der Waals surface area contributed by atoms with E-state index in [1.165, 1.54) is 32.6 Å². The number of rotatable bonds is 17. The minimum absolute atomic E-state index is 0.00266. The summed E-state index contributed by atoms with van der Waals surface area (Å²) < 4.78 is 13.3. The number of aliphatic hydroxyl groups excluding tert-OH is 1. The summed E-state index contributed by atoms with van der Waals surface area (Å²) in [7, 11) is 0. The van der Waals surface area contributed by atoms with Crippen LogP contribution in [0.2, 0.25) is 0 Å². The zero-order valence-corrected chi connectivity index (χ0v) is 28.9. The monoisotopic (exact) mass is 667 g/mol. The molecule has 0 aromatic heterocycles. The minimum Gasteiger partial charge on any atom is -0.392 e. The third-order valence-corrected chi connectivity index (χ3v) is 9.65. The zero-order chi connectivity index (χ0) is 34.4. The Morgan fingerprint density at radius 1 is 0.898 bits per heavy atom. The number of aliphatic hydroxyl groups is 1. The van der Waals surface area contributed by atoms with E-state index in [9.17, 15) is 14.7 Å². The smallest absolute Gasteiger partial charge is 0.220 e. The fourth-order valence-electron chi connectivity index (χ4n) is 6.94. The number of unbranched alkanes of at least 4 members (excludes halogenated alkanes) is 2. The molecule has 1 saturated carbocycles. The Kier molecular flexibility index (Phi) is 14.0. The molecule has 2 fully saturated rings. The average molecular weight is 668 g/mol. The fourth-order valence-corrected chi connectivity index (χ4v) is 6.94. The number of carbonyl (C=O) groups is 2. The molecule has 0 bridgehead atoms. The standard InChI is InChI=1S/C41H53N3O5/c1-3-24-44(37-12-6-7-13-37)28-38-26-39(34-17-15-31(29-45)16-18-34)49-41(48-38)35-21-19-33(20-22-35)36-11-9-10-32(25-36)27-43-40(47)14-5-4-8-23-42-30(2)46/h3,9-11,15-22,25,37-39,41,45H,1,4-8,12-14,23-24,26-29H2,2H3,(H,42,46)(H,43,47)/t38-,39+,41+/m0/s1. The summed E-state index contributed by atoms with van der Waals surface area (Å²) in [6.07, 6.45) is 10.2. The first-order valence-electron chi connectivity index (χ1n) is 18.0. The fraction of sp³-hybridized carbons (Fsp3) is 0.463. The Labute approximate surface area is 291 Å². The molecule has 2 amide bonds. The molecule has 8 nitrogen and oxygen atoms in total. The van der Waals surface area contributed by atoms with Gasteiger partial charge in [0.2, 0.25) is 11.8 Å². The van der Waals surface area contributed by atoms with E-state index >= 15 is 0 Å².